The van der Waals surface area contributed by atoms with Crippen LogP contribution in [0.2, 0.25) is 0 Å². The molecule has 5 aliphatic heterocycles. The summed E-state index contributed by atoms with van der Waals surface area (Å²) in [6.45, 7) is 4.84. The Kier molecular flexibility index (Phi) is 2.44. The normalized spacial score (nSPS) is 42.8. The first-order valence-corrected chi connectivity index (χ1v) is 9.85. The number of Topliss-reactive ketones (excluding diaryl/α,β-unsaturated/α-hetero) is 1. The van der Waals surface area contributed by atoms with Crippen LogP contribution in [0.5, 0.6) is 0 Å². The van der Waals surface area contributed by atoms with Crippen LogP contribution in [-0.2, 0) is 9.59 Å². The van der Waals surface area contributed by atoms with E-state index in [1.165, 1.54) is 0 Å². The number of piperidine rings is 2. The Balaban J connectivity index is 1.55. The van der Waals surface area contributed by atoms with Gasteiger partial charge in [-0.15, -0.1) is 0 Å². The lowest BCUT2D eigenvalue weighted by atomic mass is 9.59. The number of fused-ring (bicyclic) bond motifs is 2. The summed E-state index contributed by atoms with van der Waals surface area (Å²) in [5, 5.41) is 6.65. The molecule has 5 fully saturated rings. The van der Waals surface area contributed by atoms with Gasteiger partial charge in [0, 0.05) is 35.5 Å². The minimum absolute atomic E-state index is 0.0198. The van der Waals surface area contributed by atoms with E-state index in [2.05, 4.69) is 24.5 Å². The summed E-state index contributed by atoms with van der Waals surface area (Å²) in [4.78, 5) is 42.0. The van der Waals surface area contributed by atoms with Gasteiger partial charge in [-0.3, -0.25) is 14.4 Å². The molecule has 1 aromatic carbocycles. The molecule has 1 aromatic rings. The van der Waals surface area contributed by atoms with Gasteiger partial charge in [0.15, 0.2) is 5.78 Å². The maximum absolute atomic E-state index is 13.6. The Morgan fingerprint density at radius 1 is 1.11 bits per heavy atom. The van der Waals surface area contributed by atoms with Crippen molar-refractivity contribution >= 4 is 23.3 Å². The molecule has 0 radical (unpaired) electrons. The SMILES string of the molecule is CC1(C)[C@@H]2C[C@@]34CCCN3C(=O)[C@]2(C[C@@]12Nc1ccccc1C2=O)NC4=O. The fourth-order valence-electron chi connectivity index (χ4n) is 7.02. The molecule has 3 spiro atoms. The van der Waals surface area contributed by atoms with Crippen LogP contribution in [0.15, 0.2) is 24.3 Å². The predicted molar refractivity (Wildman–Crippen MR) is 98.2 cm³/mol. The Hall–Kier alpha value is -2.37. The maximum Gasteiger partial charge on any atom is 0.249 e. The first-order valence-electron chi connectivity index (χ1n) is 9.85. The molecule has 4 saturated heterocycles. The minimum atomic E-state index is -0.975. The number of carbonyl (C=O) groups excluding carboxylic acids is 3. The van der Waals surface area contributed by atoms with Gasteiger partial charge in [0.2, 0.25) is 11.8 Å². The number of para-hydroxylation sites is 1. The van der Waals surface area contributed by atoms with Crippen LogP contribution in [0.1, 0.15) is 49.9 Å². The summed E-state index contributed by atoms with van der Waals surface area (Å²) < 4.78 is 0. The van der Waals surface area contributed by atoms with E-state index in [-0.39, 0.29) is 23.5 Å². The van der Waals surface area contributed by atoms with Gasteiger partial charge < -0.3 is 15.5 Å². The van der Waals surface area contributed by atoms with Crippen molar-refractivity contribution in [2.75, 3.05) is 11.9 Å². The van der Waals surface area contributed by atoms with Gasteiger partial charge in [-0.25, -0.2) is 0 Å². The van der Waals surface area contributed by atoms with Gasteiger partial charge in [-0.1, -0.05) is 26.0 Å². The van der Waals surface area contributed by atoms with Crippen LogP contribution in [-0.4, -0.2) is 45.7 Å². The number of nitrogens with one attached hydrogen (secondary N) is 2. The number of amides is 2. The standard InChI is InChI=1S/C21H23N3O3/c1-18(2)14-10-19-8-5-9-24(19)17(27)20(14,23-16(19)26)11-21(18)15(25)12-6-3-4-7-13(12)22-21/h3-4,6-7,14,22H,5,8-11H2,1-2H3,(H,23,26)/t14-,19+,20+,21-/m0/s1. The average molecular weight is 365 g/mol. The highest BCUT2D eigenvalue weighted by Crippen LogP contribution is 2.66. The molecule has 140 valence electrons. The van der Waals surface area contributed by atoms with Gasteiger partial charge in [0.25, 0.3) is 0 Å². The van der Waals surface area contributed by atoms with E-state index >= 15 is 0 Å². The number of ketones is 1. The van der Waals surface area contributed by atoms with E-state index in [4.69, 9.17) is 0 Å². The van der Waals surface area contributed by atoms with Crippen molar-refractivity contribution < 1.29 is 14.4 Å². The van der Waals surface area contributed by atoms with Crippen LogP contribution >= 0.6 is 0 Å². The Morgan fingerprint density at radius 3 is 2.67 bits per heavy atom. The first-order chi connectivity index (χ1) is 12.8. The third-order valence-corrected chi connectivity index (χ3v) is 8.43. The van der Waals surface area contributed by atoms with Crippen molar-refractivity contribution in [2.45, 2.75) is 56.1 Å². The minimum Gasteiger partial charge on any atom is -0.371 e. The number of rotatable bonds is 0. The number of piperazine rings is 1. The Morgan fingerprint density at radius 2 is 1.89 bits per heavy atom. The third-order valence-electron chi connectivity index (χ3n) is 8.43. The second-order valence-electron chi connectivity index (χ2n) is 9.58. The summed E-state index contributed by atoms with van der Waals surface area (Å²) in [6, 6.07) is 7.56. The second-order valence-corrected chi connectivity index (χ2v) is 9.58. The highest BCUT2D eigenvalue weighted by molar-refractivity contribution is 6.16. The third kappa shape index (κ3) is 1.38. The molecule has 27 heavy (non-hydrogen) atoms. The van der Waals surface area contributed by atoms with E-state index in [1.54, 1.807) is 0 Å². The van der Waals surface area contributed by atoms with Crippen molar-refractivity contribution in [3.63, 3.8) is 0 Å². The lowest BCUT2D eigenvalue weighted by Crippen LogP contribution is -2.81. The van der Waals surface area contributed by atoms with Crippen molar-refractivity contribution in [1.29, 1.82) is 0 Å². The van der Waals surface area contributed by atoms with Crippen molar-refractivity contribution in [3.05, 3.63) is 29.8 Å². The van der Waals surface area contributed by atoms with Crippen molar-refractivity contribution in [1.82, 2.24) is 10.2 Å². The lowest BCUT2D eigenvalue weighted by Gasteiger charge is -2.58. The Bertz CT molecular complexity index is 956. The molecule has 4 atom stereocenters. The zero-order valence-corrected chi connectivity index (χ0v) is 15.6. The van der Waals surface area contributed by atoms with E-state index in [0.717, 1.165) is 18.5 Å². The lowest BCUT2D eigenvalue weighted by molar-refractivity contribution is -0.175. The summed E-state index contributed by atoms with van der Waals surface area (Å²) in [7, 11) is 0. The topological polar surface area (TPSA) is 78.5 Å². The average Bonchev–Trinajstić information content (AvgIpc) is 3.24. The molecule has 6 nitrogen and oxygen atoms in total. The highest BCUT2D eigenvalue weighted by Gasteiger charge is 2.80. The fourth-order valence-corrected chi connectivity index (χ4v) is 7.02. The summed E-state index contributed by atoms with van der Waals surface area (Å²) in [6.07, 6.45) is 2.57. The molecule has 2 bridgehead atoms. The van der Waals surface area contributed by atoms with E-state index < -0.39 is 22.0 Å². The number of hydrogen-bond acceptors (Lipinski definition) is 4. The van der Waals surface area contributed by atoms with Gasteiger partial charge in [0.05, 0.1) is 0 Å². The van der Waals surface area contributed by atoms with E-state index in [0.29, 0.717) is 24.9 Å². The number of nitrogens with zero attached hydrogens (tertiary/aromatic N) is 1. The molecular formula is C21H23N3O3. The monoisotopic (exact) mass is 365 g/mol. The molecule has 6 aliphatic rings. The summed E-state index contributed by atoms with van der Waals surface area (Å²) >= 11 is 0. The molecule has 0 unspecified atom stereocenters. The smallest absolute Gasteiger partial charge is 0.249 e. The van der Waals surface area contributed by atoms with Gasteiger partial charge in [0.1, 0.15) is 16.6 Å². The number of anilines is 1. The molecule has 2 N–H and O–H groups in total. The molecule has 2 amide bonds. The van der Waals surface area contributed by atoms with E-state index in [1.807, 2.05) is 29.2 Å². The molecule has 1 aliphatic carbocycles. The summed E-state index contributed by atoms with van der Waals surface area (Å²) in [5.41, 5.74) is -1.49. The maximum atomic E-state index is 13.6. The highest BCUT2D eigenvalue weighted by atomic mass is 16.2. The predicted octanol–water partition coefficient (Wildman–Crippen LogP) is 1.71. The van der Waals surface area contributed by atoms with Crippen LogP contribution < -0.4 is 10.6 Å². The van der Waals surface area contributed by atoms with Gasteiger partial charge in [-0.05, 0) is 31.4 Å². The second kappa shape index (κ2) is 4.21. The van der Waals surface area contributed by atoms with Gasteiger partial charge in [-0.2, -0.15) is 0 Å². The molecule has 0 aromatic heterocycles. The molecule has 7 rings (SSSR count). The zero-order chi connectivity index (χ0) is 18.8. The van der Waals surface area contributed by atoms with Crippen molar-refractivity contribution in [2.24, 2.45) is 11.3 Å². The fraction of sp³-hybridized carbons (Fsp3) is 0.571. The number of carbonyl (C=O) groups is 3. The quantitative estimate of drug-likeness (QED) is 0.734. The largest absolute Gasteiger partial charge is 0.371 e. The molecular weight excluding hydrogens is 342 g/mol. The van der Waals surface area contributed by atoms with Gasteiger partial charge >= 0.3 is 0 Å². The number of benzene rings is 1. The van der Waals surface area contributed by atoms with Crippen LogP contribution in [0.3, 0.4) is 0 Å². The molecule has 6 heteroatoms. The molecule has 5 heterocycles. The first kappa shape index (κ1) is 15.7. The van der Waals surface area contributed by atoms with Crippen LogP contribution in [0.4, 0.5) is 5.69 Å². The zero-order valence-electron chi connectivity index (χ0n) is 15.6. The van der Waals surface area contributed by atoms with Crippen LogP contribution in [0.25, 0.3) is 0 Å². The summed E-state index contributed by atoms with van der Waals surface area (Å²) in [5.74, 6) is -0.0108. The Labute approximate surface area is 157 Å². The number of hydrogen-bond donors (Lipinski definition) is 2. The van der Waals surface area contributed by atoms with Crippen molar-refractivity contribution in [3.8, 4) is 0 Å². The van der Waals surface area contributed by atoms with Crippen LogP contribution in [0, 0.1) is 11.3 Å². The molecule has 1 saturated carbocycles. The van der Waals surface area contributed by atoms with E-state index in [9.17, 15) is 14.4 Å².